The van der Waals surface area contributed by atoms with Gasteiger partial charge in [0.05, 0.1) is 19.1 Å². The van der Waals surface area contributed by atoms with Gasteiger partial charge in [0.15, 0.2) is 0 Å². The maximum atomic E-state index is 11.2. The van der Waals surface area contributed by atoms with Gasteiger partial charge in [-0.05, 0) is 39.5 Å². The van der Waals surface area contributed by atoms with Gasteiger partial charge in [-0.25, -0.2) is 0 Å². The van der Waals surface area contributed by atoms with Crippen molar-refractivity contribution in [2.45, 2.75) is 71.6 Å². The molecule has 0 aromatic rings. The summed E-state index contributed by atoms with van der Waals surface area (Å²) in [6.07, 6.45) is 7.69. The van der Waals surface area contributed by atoms with Crippen molar-refractivity contribution in [3.63, 3.8) is 0 Å². The van der Waals surface area contributed by atoms with Crippen LogP contribution in [0, 0.1) is 5.92 Å². The number of rotatable bonds is 4. The first-order chi connectivity index (χ1) is 11.5. The van der Waals surface area contributed by atoms with Crippen LogP contribution in [0.1, 0.15) is 71.6 Å². The highest BCUT2D eigenvalue weighted by Crippen LogP contribution is 2.22. The SMILES string of the molecule is CCOC(=O)C1CCC(=O)CC1.CCOC=O.O=C1CCCCC1. The molecule has 2 rings (SSSR count). The average molecular weight is 342 g/mol. The van der Waals surface area contributed by atoms with Gasteiger partial charge in [0.25, 0.3) is 6.47 Å². The quantitative estimate of drug-likeness (QED) is 0.576. The Morgan fingerprint density at radius 3 is 1.83 bits per heavy atom. The van der Waals surface area contributed by atoms with Gasteiger partial charge in [0, 0.05) is 25.7 Å². The second-order valence-corrected chi connectivity index (χ2v) is 5.72. The van der Waals surface area contributed by atoms with Crippen molar-refractivity contribution >= 4 is 24.0 Å². The molecule has 0 aromatic heterocycles. The predicted octanol–water partition coefficient (Wildman–Crippen LogP) is 3.01. The zero-order valence-corrected chi connectivity index (χ0v) is 14.9. The Morgan fingerprint density at radius 1 is 0.958 bits per heavy atom. The molecule has 6 heteroatoms. The predicted molar refractivity (Wildman–Crippen MR) is 89.4 cm³/mol. The molecule has 138 valence electrons. The van der Waals surface area contributed by atoms with E-state index in [1.54, 1.807) is 13.8 Å². The number of ether oxygens (including phenoxy) is 2. The minimum Gasteiger partial charge on any atom is -0.468 e. The summed E-state index contributed by atoms with van der Waals surface area (Å²) in [4.78, 5) is 41.7. The van der Waals surface area contributed by atoms with Crippen LogP contribution in [0.4, 0.5) is 0 Å². The first-order valence-corrected chi connectivity index (χ1v) is 8.80. The molecule has 0 saturated heterocycles. The fraction of sp³-hybridized carbons (Fsp3) is 0.778. The summed E-state index contributed by atoms with van der Waals surface area (Å²) in [7, 11) is 0. The first kappa shape index (κ1) is 22.3. The van der Waals surface area contributed by atoms with Gasteiger partial charge in [-0.15, -0.1) is 0 Å². The Kier molecular flexibility index (Phi) is 13.8. The van der Waals surface area contributed by atoms with Crippen LogP contribution in [0.15, 0.2) is 0 Å². The van der Waals surface area contributed by atoms with E-state index in [9.17, 15) is 19.2 Å². The lowest BCUT2D eigenvalue weighted by Gasteiger charge is -2.18. The number of esters is 1. The van der Waals surface area contributed by atoms with E-state index in [2.05, 4.69) is 4.74 Å². The van der Waals surface area contributed by atoms with Gasteiger partial charge in [-0.2, -0.15) is 0 Å². The second kappa shape index (κ2) is 14.8. The highest BCUT2D eigenvalue weighted by Gasteiger charge is 2.25. The third-order valence-corrected chi connectivity index (χ3v) is 3.81. The largest absolute Gasteiger partial charge is 0.468 e. The Morgan fingerprint density at radius 2 is 1.50 bits per heavy atom. The molecule has 2 saturated carbocycles. The lowest BCUT2D eigenvalue weighted by Crippen LogP contribution is -2.23. The number of hydrogen-bond donors (Lipinski definition) is 0. The average Bonchev–Trinajstić information content (AvgIpc) is 2.58. The Bertz CT molecular complexity index is 373. The minimum absolute atomic E-state index is 0.0253. The molecule has 0 unspecified atom stereocenters. The Hall–Kier alpha value is -1.72. The summed E-state index contributed by atoms with van der Waals surface area (Å²) in [6.45, 7) is 4.90. The second-order valence-electron chi connectivity index (χ2n) is 5.72. The van der Waals surface area contributed by atoms with E-state index < -0.39 is 0 Å². The van der Waals surface area contributed by atoms with Crippen molar-refractivity contribution in [3.05, 3.63) is 0 Å². The zero-order chi connectivity index (χ0) is 18.2. The smallest absolute Gasteiger partial charge is 0.308 e. The lowest BCUT2D eigenvalue weighted by molar-refractivity contribution is -0.149. The van der Waals surface area contributed by atoms with Crippen LogP contribution in [-0.4, -0.2) is 37.2 Å². The van der Waals surface area contributed by atoms with Gasteiger partial charge in [0.2, 0.25) is 0 Å². The van der Waals surface area contributed by atoms with Crippen LogP contribution in [0.25, 0.3) is 0 Å². The summed E-state index contributed by atoms with van der Waals surface area (Å²) in [5, 5.41) is 0. The summed E-state index contributed by atoms with van der Waals surface area (Å²) in [5.41, 5.74) is 0. The van der Waals surface area contributed by atoms with Crippen molar-refractivity contribution in [2.24, 2.45) is 5.92 Å². The van der Waals surface area contributed by atoms with E-state index in [-0.39, 0.29) is 17.7 Å². The van der Waals surface area contributed by atoms with E-state index in [1.807, 2.05) is 0 Å². The number of carbonyl (C=O) groups is 4. The molecule has 0 amide bonds. The number of carbonyl (C=O) groups excluding carboxylic acids is 4. The zero-order valence-electron chi connectivity index (χ0n) is 14.9. The van der Waals surface area contributed by atoms with Crippen LogP contribution in [0.2, 0.25) is 0 Å². The van der Waals surface area contributed by atoms with Crippen LogP contribution in [-0.2, 0) is 28.7 Å². The molecule has 0 heterocycles. The first-order valence-electron chi connectivity index (χ1n) is 8.80. The van der Waals surface area contributed by atoms with Crippen LogP contribution >= 0.6 is 0 Å². The molecule has 0 N–H and O–H groups in total. The molecule has 0 aliphatic heterocycles. The monoisotopic (exact) mass is 342 g/mol. The van der Waals surface area contributed by atoms with Crippen LogP contribution in [0.5, 0.6) is 0 Å². The molecule has 0 bridgehead atoms. The summed E-state index contributed by atoms with van der Waals surface area (Å²) >= 11 is 0. The van der Waals surface area contributed by atoms with Crippen molar-refractivity contribution in [1.29, 1.82) is 0 Å². The van der Waals surface area contributed by atoms with E-state index in [0.29, 0.717) is 51.2 Å². The Balaban J connectivity index is 0.000000373. The molecular formula is C18H30O6. The van der Waals surface area contributed by atoms with Crippen LogP contribution < -0.4 is 0 Å². The highest BCUT2D eigenvalue weighted by molar-refractivity contribution is 5.82. The maximum Gasteiger partial charge on any atom is 0.308 e. The number of hydrogen-bond acceptors (Lipinski definition) is 6. The Labute approximate surface area is 144 Å². The van der Waals surface area contributed by atoms with Gasteiger partial charge in [0.1, 0.15) is 11.6 Å². The number of Topliss-reactive ketones (excluding diaryl/α,β-unsaturated/α-hetero) is 2. The van der Waals surface area contributed by atoms with Crippen molar-refractivity contribution in [2.75, 3.05) is 13.2 Å². The highest BCUT2D eigenvalue weighted by atomic mass is 16.5. The molecule has 0 aromatic carbocycles. The summed E-state index contributed by atoms with van der Waals surface area (Å²) in [6, 6.07) is 0. The molecule has 2 fully saturated rings. The maximum absolute atomic E-state index is 11.2. The molecule has 0 spiro atoms. The molecule has 0 radical (unpaired) electrons. The van der Waals surface area contributed by atoms with E-state index in [0.717, 1.165) is 25.7 Å². The molecule has 24 heavy (non-hydrogen) atoms. The fourth-order valence-electron chi connectivity index (χ4n) is 2.45. The summed E-state index contributed by atoms with van der Waals surface area (Å²) < 4.78 is 9.02. The molecule has 0 atom stereocenters. The van der Waals surface area contributed by atoms with Crippen molar-refractivity contribution < 1.29 is 28.7 Å². The van der Waals surface area contributed by atoms with Crippen molar-refractivity contribution in [3.8, 4) is 0 Å². The van der Waals surface area contributed by atoms with E-state index >= 15 is 0 Å². The number of ketones is 2. The molecule has 6 nitrogen and oxygen atoms in total. The fourth-order valence-corrected chi connectivity index (χ4v) is 2.45. The lowest BCUT2D eigenvalue weighted by atomic mass is 9.88. The van der Waals surface area contributed by atoms with Gasteiger partial charge in [-0.1, -0.05) is 6.42 Å². The molecule has 2 aliphatic rings. The minimum atomic E-state index is -0.134. The standard InChI is InChI=1S/C9H14O3.C6H10O.C3H6O2/c1-2-12-9(11)7-3-5-8(10)6-4-7;7-6-4-2-1-3-5-6;1-2-5-3-4/h7H,2-6H2,1H3;1-5H2;3H,2H2,1H3. The van der Waals surface area contributed by atoms with E-state index in [4.69, 9.17) is 4.74 Å². The summed E-state index contributed by atoms with van der Waals surface area (Å²) in [5.74, 6) is 0.578. The topological polar surface area (TPSA) is 86.7 Å². The van der Waals surface area contributed by atoms with E-state index in [1.165, 1.54) is 6.42 Å². The van der Waals surface area contributed by atoms with Gasteiger partial charge in [-0.3, -0.25) is 19.2 Å². The third kappa shape index (κ3) is 11.8. The normalized spacial score (nSPS) is 17.6. The van der Waals surface area contributed by atoms with Crippen molar-refractivity contribution in [1.82, 2.24) is 0 Å². The van der Waals surface area contributed by atoms with Crippen LogP contribution in [0.3, 0.4) is 0 Å². The molecular weight excluding hydrogens is 312 g/mol. The van der Waals surface area contributed by atoms with Gasteiger partial charge < -0.3 is 9.47 Å². The molecule has 2 aliphatic carbocycles. The van der Waals surface area contributed by atoms with Gasteiger partial charge >= 0.3 is 5.97 Å². The third-order valence-electron chi connectivity index (χ3n) is 3.81.